The van der Waals surface area contributed by atoms with Crippen molar-refractivity contribution in [2.45, 2.75) is 0 Å². The Bertz CT molecular complexity index is 382. The van der Waals surface area contributed by atoms with Crippen LogP contribution in [0.5, 0.6) is 0 Å². The molecule has 0 radical (unpaired) electrons. The zero-order valence-electron chi connectivity index (χ0n) is 6.20. The fraction of sp³-hybridized carbons (Fsp3) is 0. The van der Waals surface area contributed by atoms with Gasteiger partial charge in [-0.25, -0.2) is 4.98 Å². The van der Waals surface area contributed by atoms with Crippen molar-refractivity contribution in [2.24, 2.45) is 0 Å². The average Bonchev–Trinajstić information content (AvgIpc) is 2.06. The predicted octanol–water partition coefficient (Wildman–Crippen LogP) is 3.31. The Balaban J connectivity index is 0.000000720. The number of rotatable bonds is 0. The van der Waals surface area contributed by atoms with Gasteiger partial charge in [0.25, 0.3) is 0 Å². The number of pyridine rings is 1. The quantitative estimate of drug-likeness (QED) is 0.594. The Hall–Kier alpha value is -0.790. The van der Waals surface area contributed by atoms with Gasteiger partial charge >= 0.3 is 0 Å². The molecule has 0 saturated carbocycles. The van der Waals surface area contributed by atoms with E-state index in [4.69, 9.17) is 11.6 Å². The third kappa shape index (κ3) is 1.52. The van der Waals surface area contributed by atoms with Crippen LogP contribution in [0.1, 0.15) is 0 Å². The van der Waals surface area contributed by atoms with E-state index >= 15 is 0 Å². The third-order valence-corrected chi connectivity index (χ3v) is 1.93. The molecule has 1 nitrogen and oxygen atoms in total. The smallest absolute Gasteiger partial charge is 0.136 e. The van der Waals surface area contributed by atoms with Gasteiger partial charge in [-0.1, -0.05) is 35.9 Å². The zero-order valence-corrected chi connectivity index (χ0v) is 7.77. The fourth-order valence-electron chi connectivity index (χ4n) is 1.08. The minimum absolute atomic E-state index is 0. The van der Waals surface area contributed by atoms with Crippen LogP contribution < -0.4 is 0 Å². The highest BCUT2D eigenvalue weighted by Crippen LogP contribution is 2.19. The second kappa shape index (κ2) is 3.74. The van der Waals surface area contributed by atoms with E-state index in [0.29, 0.717) is 5.15 Å². The molecule has 0 saturated heterocycles. The molecule has 0 aliphatic carbocycles. The van der Waals surface area contributed by atoms with Crippen LogP contribution in [0.25, 0.3) is 10.8 Å². The van der Waals surface area contributed by atoms with Gasteiger partial charge in [0.2, 0.25) is 0 Å². The van der Waals surface area contributed by atoms with Crippen LogP contribution >= 0.6 is 24.0 Å². The number of hydrogen-bond acceptors (Lipinski definition) is 1. The molecule has 0 aliphatic heterocycles. The molecule has 0 unspecified atom stereocenters. The van der Waals surface area contributed by atoms with Gasteiger partial charge in [-0.05, 0) is 11.5 Å². The molecule has 1 aromatic heterocycles. The Kier molecular flexibility index (Phi) is 2.90. The maximum atomic E-state index is 5.85. The summed E-state index contributed by atoms with van der Waals surface area (Å²) in [5, 5.41) is 2.72. The van der Waals surface area contributed by atoms with Gasteiger partial charge in [-0.3, -0.25) is 0 Å². The van der Waals surface area contributed by atoms with Gasteiger partial charge in [0.05, 0.1) is 0 Å². The minimum Gasteiger partial charge on any atom is -0.244 e. The molecule has 0 spiro atoms. The molecule has 0 atom stereocenters. The molecule has 0 bridgehead atoms. The Morgan fingerprint density at radius 3 is 2.58 bits per heavy atom. The largest absolute Gasteiger partial charge is 0.244 e. The maximum Gasteiger partial charge on any atom is 0.136 e. The lowest BCUT2D eigenvalue weighted by atomic mass is 10.2. The van der Waals surface area contributed by atoms with Crippen molar-refractivity contribution in [3.8, 4) is 0 Å². The monoisotopic (exact) mass is 199 g/mol. The van der Waals surface area contributed by atoms with E-state index in [1.807, 2.05) is 30.3 Å². The Labute approximate surface area is 81.8 Å². The third-order valence-electron chi connectivity index (χ3n) is 1.63. The summed E-state index contributed by atoms with van der Waals surface area (Å²) in [5.74, 6) is 0. The van der Waals surface area contributed by atoms with Crippen LogP contribution in [-0.2, 0) is 0 Å². The lowest BCUT2D eigenvalue weighted by Crippen LogP contribution is -1.76. The fourth-order valence-corrected chi connectivity index (χ4v) is 1.31. The molecule has 2 rings (SSSR count). The molecule has 1 aromatic carbocycles. The number of benzene rings is 1. The molecule has 0 aliphatic rings. The van der Waals surface area contributed by atoms with Gasteiger partial charge in [0.15, 0.2) is 0 Å². The van der Waals surface area contributed by atoms with E-state index in [0.717, 1.165) is 10.8 Å². The molecule has 2 aromatic rings. The Morgan fingerprint density at radius 1 is 1.08 bits per heavy atom. The summed E-state index contributed by atoms with van der Waals surface area (Å²) in [4.78, 5) is 3.97. The van der Waals surface area contributed by atoms with Crippen molar-refractivity contribution in [3.05, 3.63) is 41.7 Å². The van der Waals surface area contributed by atoms with Crippen molar-refractivity contribution >= 4 is 34.8 Å². The number of halogens is 2. The molecular formula is C9H7Cl2N. The molecule has 62 valence electrons. The first-order chi connectivity index (χ1) is 5.38. The molecule has 1 heterocycles. The van der Waals surface area contributed by atoms with E-state index in [9.17, 15) is 0 Å². The molecule has 0 amide bonds. The number of fused-ring (bicyclic) bond motifs is 1. The summed E-state index contributed by atoms with van der Waals surface area (Å²) in [6, 6.07) is 9.86. The van der Waals surface area contributed by atoms with Crippen molar-refractivity contribution < 1.29 is 0 Å². The van der Waals surface area contributed by atoms with E-state index < -0.39 is 0 Å². The molecular weight excluding hydrogens is 193 g/mol. The topological polar surface area (TPSA) is 12.9 Å². The van der Waals surface area contributed by atoms with Crippen LogP contribution in [-0.4, -0.2) is 4.98 Å². The van der Waals surface area contributed by atoms with Crippen molar-refractivity contribution in [3.63, 3.8) is 0 Å². The van der Waals surface area contributed by atoms with Crippen LogP contribution in [0.2, 0.25) is 5.15 Å². The second-order valence-electron chi connectivity index (χ2n) is 2.32. The SMILES string of the molecule is Cl.Clc1nccc2ccccc12. The normalized spacial score (nSPS) is 9.42. The number of hydrogen-bond donors (Lipinski definition) is 0. The highest BCUT2D eigenvalue weighted by atomic mass is 35.5. The summed E-state index contributed by atoms with van der Waals surface area (Å²) in [6.07, 6.45) is 1.71. The van der Waals surface area contributed by atoms with Crippen LogP contribution in [0, 0.1) is 0 Å². The predicted molar refractivity (Wildman–Crippen MR) is 54.0 cm³/mol. The van der Waals surface area contributed by atoms with Gasteiger partial charge in [0.1, 0.15) is 5.15 Å². The summed E-state index contributed by atoms with van der Waals surface area (Å²) in [6.45, 7) is 0. The highest BCUT2D eigenvalue weighted by molar-refractivity contribution is 6.34. The first kappa shape index (κ1) is 9.30. The first-order valence-corrected chi connectivity index (χ1v) is 3.75. The molecule has 0 N–H and O–H groups in total. The van der Waals surface area contributed by atoms with Crippen molar-refractivity contribution in [1.82, 2.24) is 4.98 Å². The average molecular weight is 200 g/mol. The van der Waals surface area contributed by atoms with E-state index in [2.05, 4.69) is 4.98 Å². The van der Waals surface area contributed by atoms with Crippen molar-refractivity contribution in [2.75, 3.05) is 0 Å². The lowest BCUT2D eigenvalue weighted by molar-refractivity contribution is 1.36. The summed E-state index contributed by atoms with van der Waals surface area (Å²) in [7, 11) is 0. The van der Waals surface area contributed by atoms with Gasteiger partial charge in [-0.15, -0.1) is 12.4 Å². The van der Waals surface area contributed by atoms with Gasteiger partial charge in [0, 0.05) is 11.6 Å². The second-order valence-corrected chi connectivity index (χ2v) is 2.68. The van der Waals surface area contributed by atoms with E-state index in [1.54, 1.807) is 6.20 Å². The van der Waals surface area contributed by atoms with Crippen LogP contribution in [0.4, 0.5) is 0 Å². The Morgan fingerprint density at radius 2 is 1.83 bits per heavy atom. The van der Waals surface area contributed by atoms with E-state index in [-0.39, 0.29) is 12.4 Å². The molecule has 0 fully saturated rings. The lowest BCUT2D eigenvalue weighted by Gasteiger charge is -1.96. The van der Waals surface area contributed by atoms with Gasteiger partial charge in [-0.2, -0.15) is 0 Å². The summed E-state index contributed by atoms with van der Waals surface area (Å²) >= 11 is 5.85. The van der Waals surface area contributed by atoms with Crippen LogP contribution in [0.3, 0.4) is 0 Å². The van der Waals surface area contributed by atoms with Gasteiger partial charge < -0.3 is 0 Å². The number of aromatic nitrogens is 1. The van der Waals surface area contributed by atoms with Crippen LogP contribution in [0.15, 0.2) is 36.5 Å². The highest BCUT2D eigenvalue weighted by Gasteiger charge is 1.95. The maximum absolute atomic E-state index is 5.85. The zero-order chi connectivity index (χ0) is 7.68. The summed E-state index contributed by atoms with van der Waals surface area (Å²) < 4.78 is 0. The number of nitrogens with zero attached hydrogens (tertiary/aromatic N) is 1. The first-order valence-electron chi connectivity index (χ1n) is 3.37. The minimum atomic E-state index is 0. The standard InChI is InChI=1S/C9H6ClN.ClH/c10-9-8-4-2-1-3-7(8)5-6-11-9;/h1-6H;1H. The van der Waals surface area contributed by atoms with Crippen molar-refractivity contribution in [1.29, 1.82) is 0 Å². The molecule has 3 heteroatoms. The summed E-state index contributed by atoms with van der Waals surface area (Å²) in [5.41, 5.74) is 0. The molecule has 12 heavy (non-hydrogen) atoms. The van der Waals surface area contributed by atoms with E-state index in [1.165, 1.54) is 0 Å².